The molecule has 1 N–H and O–H groups in total. The van der Waals surface area contributed by atoms with Gasteiger partial charge in [-0.05, 0) is 6.42 Å². The highest BCUT2D eigenvalue weighted by Crippen LogP contribution is 2.17. The van der Waals surface area contributed by atoms with Gasteiger partial charge in [0.2, 0.25) is 0 Å². The molecule has 1 aromatic rings. The van der Waals surface area contributed by atoms with Crippen molar-refractivity contribution in [1.82, 2.24) is 0 Å². The molecule has 1 atom stereocenters. The zero-order chi connectivity index (χ0) is 13.5. The minimum atomic E-state index is -1.54. The van der Waals surface area contributed by atoms with Crippen LogP contribution in [0.4, 0.5) is 0 Å². The Morgan fingerprint density at radius 1 is 1.17 bits per heavy atom. The lowest BCUT2D eigenvalue weighted by Crippen LogP contribution is -2.30. The van der Waals surface area contributed by atoms with Gasteiger partial charge in [-0.2, -0.15) is 0 Å². The number of benzene rings is 1. The molecule has 1 rings (SSSR count). The number of carbonyl (C=O) groups is 3. The second kappa shape index (κ2) is 6.69. The summed E-state index contributed by atoms with van der Waals surface area (Å²) in [5.41, 5.74) is 0.383. The molecular weight excluding hydrogens is 232 g/mol. The van der Waals surface area contributed by atoms with Crippen LogP contribution >= 0.6 is 0 Å². The summed E-state index contributed by atoms with van der Waals surface area (Å²) in [5, 5.41) is 8.75. The lowest BCUT2D eigenvalue weighted by Gasteiger charge is -2.11. The average Bonchev–Trinajstić information content (AvgIpc) is 2.39. The number of aliphatic carboxylic acids is 1. The highest BCUT2D eigenvalue weighted by atomic mass is 16.4. The van der Waals surface area contributed by atoms with Gasteiger partial charge in [0.25, 0.3) is 5.78 Å². The van der Waals surface area contributed by atoms with Crippen LogP contribution in [0, 0.1) is 5.92 Å². The van der Waals surface area contributed by atoms with Crippen molar-refractivity contribution in [3.8, 4) is 0 Å². The van der Waals surface area contributed by atoms with Crippen LogP contribution < -0.4 is 0 Å². The minimum Gasteiger partial charge on any atom is -0.475 e. The van der Waals surface area contributed by atoms with Crippen molar-refractivity contribution in [2.24, 2.45) is 5.92 Å². The van der Waals surface area contributed by atoms with E-state index in [9.17, 15) is 14.4 Å². The minimum absolute atomic E-state index is 0.287. The Morgan fingerprint density at radius 2 is 1.78 bits per heavy atom. The topological polar surface area (TPSA) is 71.4 Å². The summed E-state index contributed by atoms with van der Waals surface area (Å²) in [6, 6.07) is 8.33. The fourth-order valence-electron chi connectivity index (χ4n) is 1.74. The molecule has 1 unspecified atom stereocenters. The first-order valence-corrected chi connectivity index (χ1v) is 5.94. The lowest BCUT2D eigenvalue weighted by molar-refractivity contribution is -0.150. The molecule has 0 aromatic heterocycles. The standard InChI is InChI=1S/C14H16O4/c1-2-3-9-11(13(16)14(17)18)12(15)10-7-5-4-6-8-10/h4-8,11H,2-3,9H2,1H3,(H,17,18). The van der Waals surface area contributed by atoms with Crippen molar-refractivity contribution >= 4 is 17.5 Å². The first kappa shape index (κ1) is 14.1. The van der Waals surface area contributed by atoms with Gasteiger partial charge < -0.3 is 5.11 Å². The summed E-state index contributed by atoms with van der Waals surface area (Å²) >= 11 is 0. The average molecular weight is 248 g/mol. The lowest BCUT2D eigenvalue weighted by atomic mass is 9.89. The number of Topliss-reactive ketones (excluding diaryl/α,β-unsaturated/α-hetero) is 2. The van der Waals surface area contributed by atoms with E-state index in [1.807, 2.05) is 6.92 Å². The molecule has 0 saturated carbocycles. The molecule has 0 saturated heterocycles. The summed E-state index contributed by atoms with van der Waals surface area (Å²) in [5.74, 6) is -4.03. The van der Waals surface area contributed by atoms with E-state index in [2.05, 4.69) is 0 Å². The molecule has 4 nitrogen and oxygen atoms in total. The van der Waals surface area contributed by atoms with E-state index in [4.69, 9.17) is 5.11 Å². The molecule has 0 bridgehead atoms. The maximum Gasteiger partial charge on any atom is 0.372 e. The van der Waals surface area contributed by atoms with Crippen LogP contribution in [0.25, 0.3) is 0 Å². The van der Waals surface area contributed by atoms with Crippen molar-refractivity contribution < 1.29 is 19.5 Å². The van der Waals surface area contributed by atoms with Gasteiger partial charge in [0.1, 0.15) is 0 Å². The monoisotopic (exact) mass is 248 g/mol. The Labute approximate surface area is 106 Å². The van der Waals surface area contributed by atoms with Crippen LogP contribution in [0.2, 0.25) is 0 Å². The van der Waals surface area contributed by atoms with Gasteiger partial charge in [-0.3, -0.25) is 9.59 Å². The van der Waals surface area contributed by atoms with Gasteiger partial charge in [-0.25, -0.2) is 4.79 Å². The third-order valence-electron chi connectivity index (χ3n) is 2.75. The smallest absolute Gasteiger partial charge is 0.372 e. The van der Waals surface area contributed by atoms with Crippen molar-refractivity contribution in [3.63, 3.8) is 0 Å². The summed E-state index contributed by atoms with van der Waals surface area (Å²) in [6.45, 7) is 1.93. The van der Waals surface area contributed by atoms with Gasteiger partial charge in [0.05, 0.1) is 5.92 Å². The molecule has 4 heteroatoms. The Hall–Kier alpha value is -1.97. The molecule has 0 amide bonds. The summed E-state index contributed by atoms with van der Waals surface area (Å²) in [6.07, 6.45) is 1.75. The fraction of sp³-hybridized carbons (Fsp3) is 0.357. The molecular formula is C14H16O4. The van der Waals surface area contributed by atoms with Gasteiger partial charge in [-0.15, -0.1) is 0 Å². The number of rotatable bonds is 7. The van der Waals surface area contributed by atoms with E-state index in [1.54, 1.807) is 30.3 Å². The van der Waals surface area contributed by atoms with E-state index >= 15 is 0 Å². The Morgan fingerprint density at radius 3 is 2.28 bits per heavy atom. The van der Waals surface area contributed by atoms with Crippen LogP contribution in [0.1, 0.15) is 36.5 Å². The summed E-state index contributed by atoms with van der Waals surface area (Å²) < 4.78 is 0. The van der Waals surface area contributed by atoms with Crippen molar-refractivity contribution in [2.45, 2.75) is 26.2 Å². The molecule has 1 aromatic carbocycles. The zero-order valence-corrected chi connectivity index (χ0v) is 10.3. The summed E-state index contributed by atoms with van der Waals surface area (Å²) in [7, 11) is 0. The highest BCUT2D eigenvalue weighted by molar-refractivity contribution is 6.38. The quantitative estimate of drug-likeness (QED) is 0.456. The molecule has 0 aliphatic rings. The fourth-order valence-corrected chi connectivity index (χ4v) is 1.74. The van der Waals surface area contributed by atoms with E-state index in [0.29, 0.717) is 12.0 Å². The molecule has 0 aliphatic carbocycles. The number of carbonyl (C=O) groups excluding carboxylic acids is 2. The number of hydrogen-bond acceptors (Lipinski definition) is 3. The number of ketones is 2. The maximum absolute atomic E-state index is 12.1. The second-order valence-corrected chi connectivity index (χ2v) is 4.09. The highest BCUT2D eigenvalue weighted by Gasteiger charge is 2.31. The molecule has 0 heterocycles. The molecule has 0 aliphatic heterocycles. The zero-order valence-electron chi connectivity index (χ0n) is 10.3. The van der Waals surface area contributed by atoms with E-state index in [1.165, 1.54) is 0 Å². The van der Waals surface area contributed by atoms with Crippen molar-refractivity contribution in [3.05, 3.63) is 35.9 Å². The van der Waals surface area contributed by atoms with Gasteiger partial charge in [0.15, 0.2) is 5.78 Å². The molecule has 0 spiro atoms. The first-order chi connectivity index (χ1) is 8.57. The molecule has 18 heavy (non-hydrogen) atoms. The number of carboxylic acids is 1. The third kappa shape index (κ3) is 3.52. The molecule has 96 valence electrons. The van der Waals surface area contributed by atoms with E-state index in [-0.39, 0.29) is 6.42 Å². The SMILES string of the molecule is CCCCC(C(=O)C(=O)O)C(=O)c1ccccc1. The van der Waals surface area contributed by atoms with Crippen LogP contribution in [0.5, 0.6) is 0 Å². The van der Waals surface area contributed by atoms with Crippen LogP contribution in [0.3, 0.4) is 0 Å². The van der Waals surface area contributed by atoms with Crippen LogP contribution in [-0.4, -0.2) is 22.6 Å². The van der Waals surface area contributed by atoms with E-state index in [0.717, 1.165) is 6.42 Å². The number of carboxylic acid groups (broad SMARTS) is 1. The van der Waals surface area contributed by atoms with Gasteiger partial charge >= 0.3 is 5.97 Å². The predicted molar refractivity (Wildman–Crippen MR) is 66.4 cm³/mol. The van der Waals surface area contributed by atoms with Gasteiger partial charge in [-0.1, -0.05) is 50.1 Å². The molecule has 0 fully saturated rings. The normalized spacial score (nSPS) is 11.8. The van der Waals surface area contributed by atoms with Crippen molar-refractivity contribution in [1.29, 1.82) is 0 Å². The third-order valence-corrected chi connectivity index (χ3v) is 2.75. The maximum atomic E-state index is 12.1. The van der Waals surface area contributed by atoms with Gasteiger partial charge in [0, 0.05) is 5.56 Å². The van der Waals surface area contributed by atoms with Crippen molar-refractivity contribution in [2.75, 3.05) is 0 Å². The Balaban J connectivity index is 2.92. The first-order valence-electron chi connectivity index (χ1n) is 5.94. The Bertz CT molecular complexity index is 436. The second-order valence-electron chi connectivity index (χ2n) is 4.09. The van der Waals surface area contributed by atoms with Crippen LogP contribution in [-0.2, 0) is 9.59 Å². The van der Waals surface area contributed by atoms with E-state index < -0.39 is 23.5 Å². The molecule has 0 radical (unpaired) electrons. The largest absolute Gasteiger partial charge is 0.475 e. The summed E-state index contributed by atoms with van der Waals surface area (Å²) in [4.78, 5) is 34.4. The number of hydrogen-bond donors (Lipinski definition) is 1. The predicted octanol–water partition coefficient (Wildman–Crippen LogP) is 2.33. The Kier molecular flexibility index (Phi) is 5.24. The number of unbranched alkanes of at least 4 members (excludes halogenated alkanes) is 1. The van der Waals surface area contributed by atoms with Crippen LogP contribution in [0.15, 0.2) is 30.3 Å².